The van der Waals surface area contributed by atoms with E-state index in [0.717, 1.165) is 15.4 Å². The van der Waals surface area contributed by atoms with Crippen LogP contribution in [0.4, 0.5) is 0 Å². The first-order valence-electron chi connectivity index (χ1n) is 3.61. The molecule has 0 fully saturated rings. The number of halogens is 2. The minimum atomic E-state index is -0.324. The first-order chi connectivity index (χ1) is 6.19. The number of hydrogen-bond acceptors (Lipinski definition) is 2. The Morgan fingerprint density at radius 3 is 2.77 bits per heavy atom. The highest BCUT2D eigenvalue weighted by Crippen LogP contribution is 2.20. The molecular formula is C9H8Br2O2. The number of benzene rings is 1. The standard InChI is InChI=1S/C9H8Br2O2/c1-13-9(12)7-4-6(5-10)2-3-8(7)11/h2-4H,5H2,1H3. The Morgan fingerprint density at radius 2 is 2.23 bits per heavy atom. The van der Waals surface area contributed by atoms with E-state index in [1.165, 1.54) is 7.11 Å². The average molecular weight is 308 g/mol. The lowest BCUT2D eigenvalue weighted by Crippen LogP contribution is -2.02. The molecule has 0 N–H and O–H groups in total. The molecule has 0 heterocycles. The summed E-state index contributed by atoms with van der Waals surface area (Å²) in [5.41, 5.74) is 1.60. The van der Waals surface area contributed by atoms with Crippen LogP contribution in [0, 0.1) is 0 Å². The molecular weight excluding hydrogens is 300 g/mol. The van der Waals surface area contributed by atoms with Crippen LogP contribution in [0.15, 0.2) is 22.7 Å². The van der Waals surface area contributed by atoms with Crippen LogP contribution in [-0.2, 0) is 10.1 Å². The van der Waals surface area contributed by atoms with Crippen LogP contribution < -0.4 is 0 Å². The van der Waals surface area contributed by atoms with Crippen LogP contribution in [0.2, 0.25) is 0 Å². The second kappa shape index (κ2) is 4.77. The van der Waals surface area contributed by atoms with E-state index in [9.17, 15) is 4.79 Å². The third-order valence-corrected chi connectivity index (χ3v) is 2.93. The van der Waals surface area contributed by atoms with Crippen molar-refractivity contribution in [3.63, 3.8) is 0 Å². The highest BCUT2D eigenvalue weighted by atomic mass is 79.9. The van der Waals surface area contributed by atoms with Crippen molar-refractivity contribution in [3.05, 3.63) is 33.8 Å². The van der Waals surface area contributed by atoms with E-state index in [-0.39, 0.29) is 5.97 Å². The Labute approximate surface area is 93.5 Å². The van der Waals surface area contributed by atoms with Crippen molar-refractivity contribution in [2.75, 3.05) is 7.11 Å². The lowest BCUT2D eigenvalue weighted by atomic mass is 10.1. The summed E-state index contributed by atoms with van der Waals surface area (Å²) in [5, 5.41) is 0.726. The maximum atomic E-state index is 11.2. The Kier molecular flexibility index (Phi) is 3.93. The van der Waals surface area contributed by atoms with E-state index >= 15 is 0 Å². The van der Waals surface area contributed by atoms with Gasteiger partial charge in [-0.2, -0.15) is 0 Å². The zero-order valence-electron chi connectivity index (χ0n) is 7.01. The fourth-order valence-electron chi connectivity index (χ4n) is 0.922. The van der Waals surface area contributed by atoms with Crippen molar-refractivity contribution in [3.8, 4) is 0 Å². The molecule has 0 aliphatic carbocycles. The summed E-state index contributed by atoms with van der Waals surface area (Å²) >= 11 is 6.60. The van der Waals surface area contributed by atoms with Crippen LogP contribution in [0.5, 0.6) is 0 Å². The third kappa shape index (κ3) is 2.54. The summed E-state index contributed by atoms with van der Waals surface area (Å²) in [6, 6.07) is 5.57. The van der Waals surface area contributed by atoms with Crippen molar-refractivity contribution < 1.29 is 9.53 Å². The Morgan fingerprint density at radius 1 is 1.54 bits per heavy atom. The molecule has 1 rings (SSSR count). The van der Waals surface area contributed by atoms with Crippen LogP contribution >= 0.6 is 31.9 Å². The molecule has 0 amide bonds. The summed E-state index contributed by atoms with van der Waals surface area (Å²) in [4.78, 5) is 11.2. The van der Waals surface area contributed by atoms with Crippen molar-refractivity contribution >= 4 is 37.8 Å². The number of carbonyl (C=O) groups is 1. The van der Waals surface area contributed by atoms with E-state index in [4.69, 9.17) is 0 Å². The highest BCUT2D eigenvalue weighted by Gasteiger charge is 2.10. The molecule has 1 aromatic rings. The lowest BCUT2D eigenvalue weighted by Gasteiger charge is -2.03. The normalized spacial score (nSPS) is 9.77. The molecule has 0 unspecified atom stereocenters. The van der Waals surface area contributed by atoms with Gasteiger partial charge in [0, 0.05) is 9.80 Å². The molecule has 0 spiro atoms. The molecule has 0 saturated heterocycles. The Bertz CT molecular complexity index is 323. The summed E-state index contributed by atoms with van der Waals surface area (Å²) < 4.78 is 5.39. The minimum absolute atomic E-state index is 0.324. The van der Waals surface area contributed by atoms with E-state index < -0.39 is 0 Å². The van der Waals surface area contributed by atoms with Gasteiger partial charge in [0.15, 0.2) is 0 Å². The van der Waals surface area contributed by atoms with Gasteiger partial charge in [0.1, 0.15) is 0 Å². The molecule has 0 atom stereocenters. The fraction of sp³-hybridized carbons (Fsp3) is 0.222. The third-order valence-electron chi connectivity index (χ3n) is 1.59. The molecule has 0 radical (unpaired) electrons. The van der Waals surface area contributed by atoms with Crippen LogP contribution in [0.25, 0.3) is 0 Å². The number of esters is 1. The average Bonchev–Trinajstić information content (AvgIpc) is 2.17. The first-order valence-corrected chi connectivity index (χ1v) is 5.53. The monoisotopic (exact) mass is 306 g/mol. The number of alkyl halides is 1. The second-order valence-electron chi connectivity index (χ2n) is 2.44. The van der Waals surface area contributed by atoms with Gasteiger partial charge >= 0.3 is 5.97 Å². The number of rotatable bonds is 2. The molecule has 0 bridgehead atoms. The van der Waals surface area contributed by atoms with E-state index in [0.29, 0.717) is 5.56 Å². The molecule has 70 valence electrons. The van der Waals surface area contributed by atoms with Gasteiger partial charge in [0.25, 0.3) is 0 Å². The minimum Gasteiger partial charge on any atom is -0.465 e. The van der Waals surface area contributed by atoms with Gasteiger partial charge in [-0.15, -0.1) is 0 Å². The maximum Gasteiger partial charge on any atom is 0.339 e. The zero-order valence-corrected chi connectivity index (χ0v) is 10.2. The molecule has 4 heteroatoms. The largest absolute Gasteiger partial charge is 0.465 e. The lowest BCUT2D eigenvalue weighted by molar-refractivity contribution is 0.0599. The molecule has 0 aromatic heterocycles. The highest BCUT2D eigenvalue weighted by molar-refractivity contribution is 9.10. The molecule has 0 aliphatic heterocycles. The number of ether oxygens (including phenoxy) is 1. The zero-order chi connectivity index (χ0) is 9.84. The molecule has 0 aliphatic rings. The quantitative estimate of drug-likeness (QED) is 0.620. The van der Waals surface area contributed by atoms with Crippen molar-refractivity contribution in [1.29, 1.82) is 0 Å². The topological polar surface area (TPSA) is 26.3 Å². The summed E-state index contributed by atoms with van der Waals surface area (Å²) in [6.07, 6.45) is 0. The van der Waals surface area contributed by atoms with Gasteiger partial charge in [-0.1, -0.05) is 22.0 Å². The van der Waals surface area contributed by atoms with Crippen LogP contribution in [0.3, 0.4) is 0 Å². The summed E-state index contributed by atoms with van der Waals surface area (Å²) in [5.74, 6) is -0.324. The fourth-order valence-corrected chi connectivity index (χ4v) is 1.68. The van der Waals surface area contributed by atoms with E-state index in [2.05, 4.69) is 36.6 Å². The molecule has 2 nitrogen and oxygen atoms in total. The van der Waals surface area contributed by atoms with Crippen molar-refractivity contribution in [1.82, 2.24) is 0 Å². The van der Waals surface area contributed by atoms with Crippen molar-refractivity contribution in [2.24, 2.45) is 0 Å². The van der Waals surface area contributed by atoms with Gasteiger partial charge in [-0.05, 0) is 33.6 Å². The van der Waals surface area contributed by atoms with Gasteiger partial charge in [-0.25, -0.2) is 4.79 Å². The van der Waals surface area contributed by atoms with E-state index in [1.807, 2.05) is 12.1 Å². The Balaban J connectivity index is 3.11. The first kappa shape index (κ1) is 10.7. The summed E-state index contributed by atoms with van der Waals surface area (Å²) in [7, 11) is 1.37. The van der Waals surface area contributed by atoms with E-state index in [1.54, 1.807) is 6.07 Å². The van der Waals surface area contributed by atoms with Crippen LogP contribution in [-0.4, -0.2) is 13.1 Å². The van der Waals surface area contributed by atoms with Crippen molar-refractivity contribution in [2.45, 2.75) is 5.33 Å². The molecule has 0 saturated carbocycles. The number of carbonyl (C=O) groups excluding carboxylic acids is 1. The second-order valence-corrected chi connectivity index (χ2v) is 3.85. The van der Waals surface area contributed by atoms with Crippen LogP contribution in [0.1, 0.15) is 15.9 Å². The predicted molar refractivity (Wildman–Crippen MR) is 58.1 cm³/mol. The maximum absolute atomic E-state index is 11.2. The molecule has 1 aromatic carbocycles. The van der Waals surface area contributed by atoms with Gasteiger partial charge in [0.2, 0.25) is 0 Å². The van der Waals surface area contributed by atoms with Gasteiger partial charge in [-0.3, -0.25) is 0 Å². The summed E-state index contributed by atoms with van der Waals surface area (Å²) in [6.45, 7) is 0. The smallest absolute Gasteiger partial charge is 0.339 e. The Hall–Kier alpha value is -0.350. The van der Waals surface area contributed by atoms with Gasteiger partial charge in [0.05, 0.1) is 12.7 Å². The SMILES string of the molecule is COC(=O)c1cc(CBr)ccc1Br. The number of hydrogen-bond donors (Lipinski definition) is 0. The molecule has 13 heavy (non-hydrogen) atoms. The van der Waals surface area contributed by atoms with Gasteiger partial charge < -0.3 is 4.74 Å². The predicted octanol–water partition coefficient (Wildman–Crippen LogP) is 3.13. The number of methoxy groups -OCH3 is 1.